The van der Waals surface area contributed by atoms with Crippen LogP contribution >= 0.6 is 0 Å². The van der Waals surface area contributed by atoms with E-state index in [2.05, 4.69) is 11.1 Å². The lowest BCUT2D eigenvalue weighted by Gasteiger charge is -2.10. The Morgan fingerprint density at radius 1 is 0.913 bits per heavy atom. The molecule has 0 aliphatic heterocycles. The number of rotatable bonds is 3. The zero-order valence-electron chi connectivity index (χ0n) is 12.1. The van der Waals surface area contributed by atoms with Crippen LogP contribution in [0.2, 0.25) is 0 Å². The van der Waals surface area contributed by atoms with Crippen molar-refractivity contribution in [2.45, 2.75) is 6.42 Å². The van der Waals surface area contributed by atoms with E-state index < -0.39 is 5.82 Å². The van der Waals surface area contributed by atoms with E-state index in [9.17, 15) is 8.78 Å². The number of hydrogen-bond acceptors (Lipinski definition) is 2. The highest BCUT2D eigenvalue weighted by Gasteiger charge is 2.13. The fourth-order valence-electron chi connectivity index (χ4n) is 2.47. The molecule has 23 heavy (non-hydrogen) atoms. The van der Waals surface area contributed by atoms with Gasteiger partial charge in [0.2, 0.25) is 0 Å². The molecule has 0 aliphatic carbocycles. The fraction of sp³-hybridized carbons (Fsp3) is 0.0526. The minimum Gasteiger partial charge on any atom is -0.255 e. The minimum absolute atomic E-state index is 0.0684. The largest absolute Gasteiger partial charge is 0.255 e. The maximum Gasteiger partial charge on any atom is 0.132 e. The van der Waals surface area contributed by atoms with Gasteiger partial charge in [0, 0.05) is 22.9 Å². The maximum atomic E-state index is 14.0. The van der Waals surface area contributed by atoms with Gasteiger partial charge in [0.05, 0.1) is 18.2 Å². The zero-order chi connectivity index (χ0) is 16.2. The van der Waals surface area contributed by atoms with Crippen molar-refractivity contribution in [1.29, 1.82) is 5.26 Å². The maximum absolute atomic E-state index is 14.0. The van der Waals surface area contributed by atoms with E-state index in [0.29, 0.717) is 27.9 Å². The van der Waals surface area contributed by atoms with Crippen LogP contribution in [0.4, 0.5) is 8.78 Å². The van der Waals surface area contributed by atoms with E-state index in [4.69, 9.17) is 5.26 Å². The average molecular weight is 306 g/mol. The van der Waals surface area contributed by atoms with Gasteiger partial charge in [0.25, 0.3) is 0 Å². The van der Waals surface area contributed by atoms with Crippen LogP contribution in [0.1, 0.15) is 5.56 Å². The highest BCUT2D eigenvalue weighted by molar-refractivity contribution is 5.71. The molecule has 1 aromatic heterocycles. The van der Waals surface area contributed by atoms with E-state index >= 15 is 0 Å². The zero-order valence-corrected chi connectivity index (χ0v) is 12.1. The van der Waals surface area contributed by atoms with E-state index in [1.807, 2.05) is 0 Å². The molecule has 1 heterocycles. The van der Waals surface area contributed by atoms with Crippen LogP contribution in [0, 0.1) is 23.0 Å². The van der Waals surface area contributed by atoms with Crippen LogP contribution in [-0.2, 0) is 6.42 Å². The number of benzene rings is 2. The summed E-state index contributed by atoms with van der Waals surface area (Å²) in [5.41, 5.74) is 2.27. The van der Waals surface area contributed by atoms with Gasteiger partial charge in [0.15, 0.2) is 0 Å². The van der Waals surface area contributed by atoms with Gasteiger partial charge in [-0.3, -0.25) is 4.98 Å². The van der Waals surface area contributed by atoms with E-state index in [-0.39, 0.29) is 12.2 Å². The molecule has 0 radical (unpaired) electrons. The van der Waals surface area contributed by atoms with Crippen molar-refractivity contribution in [3.63, 3.8) is 0 Å². The van der Waals surface area contributed by atoms with Crippen LogP contribution in [0.3, 0.4) is 0 Å². The number of nitriles is 1. The number of aromatic nitrogens is 1. The molecule has 4 heteroatoms. The predicted molar refractivity (Wildman–Crippen MR) is 84.3 cm³/mol. The van der Waals surface area contributed by atoms with Gasteiger partial charge >= 0.3 is 0 Å². The lowest BCUT2D eigenvalue weighted by Crippen LogP contribution is -1.97. The first-order valence-electron chi connectivity index (χ1n) is 7.06. The molecule has 3 aromatic rings. The van der Waals surface area contributed by atoms with Crippen LogP contribution in [0.15, 0.2) is 60.8 Å². The SMILES string of the molecule is N#CCc1cc(-c2ccccc2F)cnc1-c1ccccc1F. The van der Waals surface area contributed by atoms with Crippen LogP contribution in [0.5, 0.6) is 0 Å². The van der Waals surface area contributed by atoms with Crippen LogP contribution in [-0.4, -0.2) is 4.98 Å². The van der Waals surface area contributed by atoms with Crippen molar-refractivity contribution in [3.05, 3.63) is 78.0 Å². The summed E-state index contributed by atoms with van der Waals surface area (Å²) >= 11 is 0. The smallest absolute Gasteiger partial charge is 0.132 e. The summed E-state index contributed by atoms with van der Waals surface area (Å²) in [5.74, 6) is -0.770. The highest BCUT2D eigenvalue weighted by atomic mass is 19.1. The molecule has 0 aliphatic rings. The summed E-state index contributed by atoms with van der Waals surface area (Å²) in [6.07, 6.45) is 1.57. The first kappa shape index (κ1) is 14.9. The summed E-state index contributed by atoms with van der Waals surface area (Å²) in [6.45, 7) is 0. The Morgan fingerprint density at radius 3 is 2.13 bits per heavy atom. The van der Waals surface area contributed by atoms with Gasteiger partial charge in [-0.2, -0.15) is 5.26 Å². The summed E-state index contributed by atoms with van der Waals surface area (Å²) < 4.78 is 27.9. The van der Waals surface area contributed by atoms with Gasteiger partial charge in [-0.1, -0.05) is 30.3 Å². The van der Waals surface area contributed by atoms with Crippen LogP contribution in [0.25, 0.3) is 22.4 Å². The molecular formula is C19H12F2N2. The summed E-state index contributed by atoms with van der Waals surface area (Å²) in [5, 5.41) is 9.03. The van der Waals surface area contributed by atoms with Crippen molar-refractivity contribution in [1.82, 2.24) is 4.98 Å². The summed E-state index contributed by atoms with van der Waals surface area (Å²) in [4.78, 5) is 4.29. The highest BCUT2D eigenvalue weighted by Crippen LogP contribution is 2.29. The third-order valence-electron chi connectivity index (χ3n) is 3.55. The molecule has 2 aromatic carbocycles. The molecule has 2 nitrogen and oxygen atoms in total. The van der Waals surface area contributed by atoms with E-state index in [1.54, 1.807) is 42.5 Å². The van der Waals surface area contributed by atoms with Crippen molar-refractivity contribution in [3.8, 4) is 28.5 Å². The molecule has 0 unspecified atom stereocenters. The first-order chi connectivity index (χ1) is 11.2. The standard InChI is InChI=1S/C19H12F2N2/c20-17-7-3-1-5-15(17)14-11-13(9-10-22)19(23-12-14)16-6-2-4-8-18(16)21/h1-8,11-12H,9H2. The molecule has 0 saturated carbocycles. The summed E-state index contributed by atoms with van der Waals surface area (Å²) in [6, 6.07) is 16.3. The number of halogens is 2. The second kappa shape index (κ2) is 6.37. The average Bonchev–Trinajstić information content (AvgIpc) is 2.56. The number of hydrogen-bond donors (Lipinski definition) is 0. The monoisotopic (exact) mass is 306 g/mol. The van der Waals surface area contributed by atoms with Gasteiger partial charge in [-0.05, 0) is 29.8 Å². The van der Waals surface area contributed by atoms with E-state index in [0.717, 1.165) is 0 Å². The first-order valence-corrected chi connectivity index (χ1v) is 7.06. The molecule has 0 amide bonds. The number of pyridine rings is 1. The van der Waals surface area contributed by atoms with Gasteiger partial charge in [-0.15, -0.1) is 0 Å². The molecule has 3 rings (SSSR count). The minimum atomic E-state index is -0.405. The molecule has 0 bridgehead atoms. The van der Waals surface area contributed by atoms with Gasteiger partial charge in [-0.25, -0.2) is 8.78 Å². The Bertz CT molecular complexity index is 898. The molecular weight excluding hydrogens is 294 g/mol. The lowest BCUT2D eigenvalue weighted by molar-refractivity contribution is 0.630. The van der Waals surface area contributed by atoms with Crippen LogP contribution < -0.4 is 0 Å². The quantitative estimate of drug-likeness (QED) is 0.699. The van der Waals surface area contributed by atoms with Crippen molar-refractivity contribution >= 4 is 0 Å². The number of nitrogens with zero attached hydrogens (tertiary/aromatic N) is 2. The fourth-order valence-corrected chi connectivity index (χ4v) is 2.47. The Hall–Kier alpha value is -3.06. The second-order valence-electron chi connectivity index (χ2n) is 5.03. The van der Waals surface area contributed by atoms with Gasteiger partial charge in [0.1, 0.15) is 11.6 Å². The third kappa shape index (κ3) is 2.95. The lowest BCUT2D eigenvalue weighted by atomic mass is 9.99. The third-order valence-corrected chi connectivity index (χ3v) is 3.55. The Kier molecular flexibility index (Phi) is 4.11. The molecule has 0 atom stereocenters. The molecule has 0 saturated heterocycles. The molecule has 0 N–H and O–H groups in total. The van der Waals surface area contributed by atoms with E-state index in [1.165, 1.54) is 18.3 Å². The Morgan fingerprint density at radius 2 is 1.52 bits per heavy atom. The van der Waals surface area contributed by atoms with Gasteiger partial charge < -0.3 is 0 Å². The normalized spacial score (nSPS) is 10.3. The van der Waals surface area contributed by atoms with Crippen molar-refractivity contribution in [2.75, 3.05) is 0 Å². The second-order valence-corrected chi connectivity index (χ2v) is 5.03. The summed E-state index contributed by atoms with van der Waals surface area (Å²) in [7, 11) is 0. The topological polar surface area (TPSA) is 36.7 Å². The van der Waals surface area contributed by atoms with Crippen molar-refractivity contribution in [2.24, 2.45) is 0 Å². The molecule has 0 fully saturated rings. The predicted octanol–water partition coefficient (Wildman–Crippen LogP) is 4.76. The molecule has 0 spiro atoms. The Labute approximate surface area is 132 Å². The Balaban J connectivity index is 2.16. The van der Waals surface area contributed by atoms with Crippen molar-refractivity contribution < 1.29 is 8.78 Å². The molecule has 112 valence electrons.